The summed E-state index contributed by atoms with van der Waals surface area (Å²) in [6.45, 7) is 4.00. The lowest BCUT2D eigenvalue weighted by atomic mass is 9.48. The van der Waals surface area contributed by atoms with Crippen molar-refractivity contribution in [3.63, 3.8) is 0 Å². The highest BCUT2D eigenvalue weighted by Gasteiger charge is 2.51. The molecule has 4 bridgehead atoms. The molecule has 1 N–H and O–H groups in total. The van der Waals surface area contributed by atoms with E-state index in [2.05, 4.69) is 34.1 Å². The number of nitrogens with zero attached hydrogens (tertiary/aromatic N) is 2. The number of rotatable bonds is 4. The molecule has 0 unspecified atom stereocenters. The van der Waals surface area contributed by atoms with Crippen LogP contribution in [0, 0.1) is 31.6 Å². The van der Waals surface area contributed by atoms with Gasteiger partial charge in [-0.05, 0) is 129 Å². The van der Waals surface area contributed by atoms with Gasteiger partial charge in [0.2, 0.25) is 0 Å². The molecule has 0 spiro atoms. The van der Waals surface area contributed by atoms with Gasteiger partial charge in [0.1, 0.15) is 5.57 Å². The lowest BCUT2D eigenvalue weighted by molar-refractivity contribution is -0.122. The molecule has 0 atom stereocenters. The number of carbonyl (C=O) groups excluding carboxylic acids is 3. The molecule has 6 nitrogen and oxygen atoms in total. The smallest absolute Gasteiger partial charge is 0.318 e. The third kappa shape index (κ3) is 4.03. The van der Waals surface area contributed by atoms with Crippen LogP contribution >= 0.6 is 11.6 Å². The van der Waals surface area contributed by atoms with E-state index in [0.717, 1.165) is 45.3 Å². The Morgan fingerprint density at radius 1 is 0.875 bits per heavy atom. The van der Waals surface area contributed by atoms with E-state index in [1.165, 1.54) is 50.2 Å². The summed E-state index contributed by atoms with van der Waals surface area (Å²) >= 11 is 6.09. The van der Waals surface area contributed by atoms with Crippen LogP contribution in [-0.4, -0.2) is 22.4 Å². The molecule has 2 heterocycles. The number of halogens is 1. The van der Waals surface area contributed by atoms with E-state index in [1.807, 2.05) is 19.9 Å². The van der Waals surface area contributed by atoms with Crippen LogP contribution < -0.4 is 10.2 Å². The normalized spacial score (nSPS) is 28.5. The molecular weight excluding hydrogens is 522 g/mol. The highest BCUT2D eigenvalue weighted by Crippen LogP contribution is 2.60. The minimum atomic E-state index is -0.793. The summed E-state index contributed by atoms with van der Waals surface area (Å²) in [4.78, 5) is 39.6. The predicted molar refractivity (Wildman–Crippen MR) is 156 cm³/mol. The number of benzene rings is 2. The molecule has 7 heteroatoms. The zero-order valence-electron chi connectivity index (χ0n) is 22.7. The second-order valence-electron chi connectivity index (χ2n) is 12.3. The maximum absolute atomic E-state index is 13.4. The number of anilines is 1. The Kier molecular flexibility index (Phi) is 5.83. The van der Waals surface area contributed by atoms with Crippen molar-refractivity contribution in [2.24, 2.45) is 17.8 Å². The van der Waals surface area contributed by atoms with E-state index in [9.17, 15) is 14.4 Å². The molecule has 40 heavy (non-hydrogen) atoms. The molecule has 5 aliphatic rings. The summed E-state index contributed by atoms with van der Waals surface area (Å²) in [5.41, 5.74) is 5.76. The predicted octanol–water partition coefficient (Wildman–Crippen LogP) is 6.88. The summed E-state index contributed by atoms with van der Waals surface area (Å²) in [6.07, 6.45) is 9.88. The number of amides is 4. The Bertz CT molecular complexity index is 1560. The first-order valence-electron chi connectivity index (χ1n) is 14.2. The molecule has 8 rings (SSSR count). The molecule has 1 aromatic heterocycles. The summed E-state index contributed by atoms with van der Waals surface area (Å²) < 4.78 is 2.15. The minimum absolute atomic E-state index is 0.100. The number of nitrogens with one attached hydrogen (secondary N) is 1. The third-order valence-electron chi connectivity index (χ3n) is 9.71. The SMILES string of the molecule is Cc1cc(/C=C2\C(=O)NC(=O)N(c3cccc(Cl)c3)C2=O)c(C)n1-c1ccc(C23CC4CC(CC(C4)C2)C3)cc1. The van der Waals surface area contributed by atoms with Gasteiger partial charge in [-0.15, -0.1) is 0 Å². The lowest BCUT2D eigenvalue weighted by Gasteiger charge is -2.57. The van der Waals surface area contributed by atoms with Gasteiger partial charge >= 0.3 is 6.03 Å². The van der Waals surface area contributed by atoms with E-state index in [0.29, 0.717) is 16.1 Å². The van der Waals surface area contributed by atoms with Gasteiger partial charge in [-0.3, -0.25) is 14.9 Å². The summed E-state index contributed by atoms with van der Waals surface area (Å²) in [5, 5.41) is 2.68. The van der Waals surface area contributed by atoms with Crippen molar-refractivity contribution < 1.29 is 14.4 Å². The van der Waals surface area contributed by atoms with Gasteiger partial charge < -0.3 is 4.57 Å². The van der Waals surface area contributed by atoms with Gasteiger partial charge in [-0.25, -0.2) is 9.69 Å². The van der Waals surface area contributed by atoms with E-state index in [1.54, 1.807) is 24.3 Å². The zero-order chi connectivity index (χ0) is 27.8. The van der Waals surface area contributed by atoms with Gasteiger partial charge in [-0.1, -0.05) is 29.8 Å². The topological polar surface area (TPSA) is 71.4 Å². The molecule has 1 saturated heterocycles. The first-order valence-corrected chi connectivity index (χ1v) is 14.6. The summed E-state index contributed by atoms with van der Waals surface area (Å²) in [7, 11) is 0. The first kappa shape index (κ1) is 25.3. The fourth-order valence-corrected chi connectivity index (χ4v) is 8.61. The van der Waals surface area contributed by atoms with Crippen LogP contribution in [0.3, 0.4) is 0 Å². The maximum atomic E-state index is 13.4. The Morgan fingerprint density at radius 3 is 2.15 bits per heavy atom. The third-order valence-corrected chi connectivity index (χ3v) is 9.95. The number of urea groups is 1. The standard InChI is InChI=1S/C33H32ClN3O3/c1-19-10-24(14-29-30(38)35-32(40)37(31(29)39)28-5-3-4-26(34)15-28)20(2)36(19)27-8-6-25(7-9-27)33-16-21-11-22(17-33)13-23(12-21)18-33/h3-10,14-15,21-23H,11-13,16-18H2,1-2H3,(H,35,38,40)/b29-14+. The maximum Gasteiger partial charge on any atom is 0.335 e. The Morgan fingerprint density at radius 2 is 1.52 bits per heavy atom. The highest BCUT2D eigenvalue weighted by molar-refractivity contribution is 6.39. The zero-order valence-corrected chi connectivity index (χ0v) is 23.5. The van der Waals surface area contributed by atoms with E-state index in [-0.39, 0.29) is 5.57 Å². The average molecular weight is 554 g/mol. The average Bonchev–Trinajstić information content (AvgIpc) is 3.18. The molecule has 1 aliphatic heterocycles. The molecule has 0 radical (unpaired) electrons. The molecule has 204 valence electrons. The van der Waals surface area contributed by atoms with Crippen LogP contribution in [0.2, 0.25) is 5.02 Å². The van der Waals surface area contributed by atoms with Gasteiger partial charge in [0.25, 0.3) is 11.8 Å². The second-order valence-corrected chi connectivity index (χ2v) is 12.8. The van der Waals surface area contributed by atoms with Crippen molar-refractivity contribution in [1.29, 1.82) is 0 Å². The molecular formula is C33H32ClN3O3. The van der Waals surface area contributed by atoms with Crippen LogP contribution in [0.15, 0.2) is 60.2 Å². The number of aryl methyl sites for hydroxylation is 1. The number of barbiturate groups is 1. The summed E-state index contributed by atoms with van der Waals surface area (Å²) in [6, 6.07) is 16.7. The lowest BCUT2D eigenvalue weighted by Crippen LogP contribution is -2.54. The molecule has 3 aromatic rings. The minimum Gasteiger partial charge on any atom is -0.318 e. The number of aromatic nitrogens is 1. The monoisotopic (exact) mass is 553 g/mol. The van der Waals surface area contributed by atoms with Crippen LogP contribution in [0.4, 0.5) is 10.5 Å². The molecule has 4 amide bonds. The largest absolute Gasteiger partial charge is 0.335 e. The van der Waals surface area contributed by atoms with Gasteiger partial charge in [0, 0.05) is 22.1 Å². The number of carbonyl (C=O) groups is 3. The molecule has 4 aliphatic carbocycles. The van der Waals surface area contributed by atoms with E-state index < -0.39 is 17.8 Å². The van der Waals surface area contributed by atoms with Crippen LogP contribution in [0.25, 0.3) is 11.8 Å². The van der Waals surface area contributed by atoms with Gasteiger partial charge in [0.15, 0.2) is 0 Å². The van der Waals surface area contributed by atoms with Crippen molar-refractivity contribution in [2.45, 2.75) is 57.8 Å². The first-order chi connectivity index (χ1) is 19.2. The van der Waals surface area contributed by atoms with Gasteiger partial charge in [0.05, 0.1) is 5.69 Å². The molecule has 2 aromatic carbocycles. The van der Waals surface area contributed by atoms with Crippen molar-refractivity contribution in [3.05, 3.63) is 87.7 Å². The second kappa shape index (κ2) is 9.20. The molecule has 5 fully saturated rings. The van der Waals surface area contributed by atoms with Crippen LogP contribution in [-0.2, 0) is 15.0 Å². The van der Waals surface area contributed by atoms with Crippen LogP contribution in [0.1, 0.15) is 61.0 Å². The Balaban J connectivity index is 1.19. The number of imide groups is 2. The van der Waals surface area contributed by atoms with E-state index >= 15 is 0 Å². The fraction of sp³-hybridized carbons (Fsp3) is 0.364. The van der Waals surface area contributed by atoms with Crippen molar-refractivity contribution >= 4 is 41.2 Å². The quantitative estimate of drug-likeness (QED) is 0.283. The van der Waals surface area contributed by atoms with Crippen molar-refractivity contribution in [2.75, 3.05) is 4.90 Å². The Labute approximate surface area is 239 Å². The Hall–Kier alpha value is -3.64. The fourth-order valence-electron chi connectivity index (χ4n) is 8.42. The van der Waals surface area contributed by atoms with Crippen molar-refractivity contribution in [3.8, 4) is 5.69 Å². The summed E-state index contributed by atoms with van der Waals surface area (Å²) in [5.74, 6) is 1.32. The van der Waals surface area contributed by atoms with Crippen molar-refractivity contribution in [1.82, 2.24) is 9.88 Å². The van der Waals surface area contributed by atoms with E-state index in [4.69, 9.17) is 11.6 Å². The number of hydrogen-bond donors (Lipinski definition) is 1. The van der Waals surface area contributed by atoms with Gasteiger partial charge in [-0.2, -0.15) is 0 Å². The highest BCUT2D eigenvalue weighted by atomic mass is 35.5. The number of hydrogen-bond acceptors (Lipinski definition) is 3. The molecule has 4 saturated carbocycles. The van der Waals surface area contributed by atoms with Crippen LogP contribution in [0.5, 0.6) is 0 Å².